The Bertz CT molecular complexity index is 276. The van der Waals surface area contributed by atoms with E-state index in [-0.39, 0.29) is 0 Å². The molecule has 2 rings (SSSR count). The molecule has 0 aliphatic heterocycles. The van der Waals surface area contributed by atoms with Crippen LogP contribution in [0.25, 0.3) is 0 Å². The minimum Gasteiger partial charge on any atom is -0.312 e. The zero-order valence-electron chi connectivity index (χ0n) is 9.99. The third-order valence-electron chi connectivity index (χ3n) is 3.46. The summed E-state index contributed by atoms with van der Waals surface area (Å²) in [5.41, 5.74) is 1.29. The van der Waals surface area contributed by atoms with Crippen LogP contribution in [0.5, 0.6) is 0 Å². The second-order valence-electron chi connectivity index (χ2n) is 4.85. The molecule has 16 heavy (non-hydrogen) atoms. The van der Waals surface area contributed by atoms with Gasteiger partial charge >= 0.3 is 0 Å². The highest BCUT2D eigenvalue weighted by Gasteiger charge is 2.11. The van der Waals surface area contributed by atoms with E-state index in [9.17, 15) is 0 Å². The molecule has 0 aromatic carbocycles. The van der Waals surface area contributed by atoms with Crippen molar-refractivity contribution < 1.29 is 0 Å². The first-order chi connectivity index (χ1) is 7.95. The number of pyridine rings is 1. The molecule has 0 saturated heterocycles. The highest BCUT2D eigenvalue weighted by molar-refractivity contribution is 5.07. The molecule has 0 bridgehead atoms. The topological polar surface area (TPSA) is 24.9 Å². The summed E-state index contributed by atoms with van der Waals surface area (Å²) in [6.07, 6.45) is 12.4. The Morgan fingerprint density at radius 1 is 1.19 bits per heavy atom. The minimum absolute atomic E-state index is 0.902. The Kier molecular flexibility index (Phi) is 4.81. The van der Waals surface area contributed by atoms with Gasteiger partial charge in [0.2, 0.25) is 0 Å². The predicted molar refractivity (Wildman–Crippen MR) is 67.1 cm³/mol. The highest BCUT2D eigenvalue weighted by Crippen LogP contribution is 2.22. The van der Waals surface area contributed by atoms with Gasteiger partial charge in [-0.2, -0.15) is 0 Å². The molecule has 1 aliphatic rings. The van der Waals surface area contributed by atoms with E-state index in [1.165, 1.54) is 50.6 Å². The average Bonchev–Trinajstić information content (AvgIpc) is 2.59. The molecule has 1 N–H and O–H groups in total. The van der Waals surface area contributed by atoms with Crippen molar-refractivity contribution in [1.82, 2.24) is 10.3 Å². The van der Waals surface area contributed by atoms with E-state index in [4.69, 9.17) is 0 Å². The number of hydrogen-bond donors (Lipinski definition) is 1. The molecule has 0 spiro atoms. The molecular weight excluding hydrogens is 196 g/mol. The maximum absolute atomic E-state index is 4.13. The van der Waals surface area contributed by atoms with E-state index in [0.29, 0.717) is 0 Å². The molecule has 0 amide bonds. The fourth-order valence-electron chi connectivity index (χ4n) is 2.49. The molecule has 88 valence electrons. The number of nitrogens with one attached hydrogen (secondary N) is 1. The monoisotopic (exact) mass is 218 g/mol. The molecule has 1 aliphatic carbocycles. The maximum atomic E-state index is 4.13. The van der Waals surface area contributed by atoms with E-state index < -0.39 is 0 Å². The van der Waals surface area contributed by atoms with Crippen LogP contribution in [0.4, 0.5) is 0 Å². The van der Waals surface area contributed by atoms with Crippen LogP contribution >= 0.6 is 0 Å². The Balaban J connectivity index is 1.67. The molecule has 1 saturated carbocycles. The van der Waals surface area contributed by atoms with Gasteiger partial charge in [0.05, 0.1) is 0 Å². The van der Waals surface area contributed by atoms with Gasteiger partial charge in [-0.3, -0.25) is 4.98 Å². The number of hydrogen-bond acceptors (Lipinski definition) is 2. The van der Waals surface area contributed by atoms with Crippen molar-refractivity contribution in [3.63, 3.8) is 0 Å². The molecule has 0 unspecified atom stereocenters. The predicted octanol–water partition coefficient (Wildman–Crippen LogP) is 3.14. The fourth-order valence-corrected chi connectivity index (χ4v) is 2.49. The minimum atomic E-state index is 0.902. The molecule has 2 nitrogen and oxygen atoms in total. The van der Waals surface area contributed by atoms with Gasteiger partial charge in [-0.05, 0) is 36.9 Å². The van der Waals surface area contributed by atoms with Crippen LogP contribution in [-0.4, -0.2) is 11.5 Å². The number of rotatable bonds is 4. The van der Waals surface area contributed by atoms with Gasteiger partial charge in [-0.1, -0.05) is 31.7 Å². The maximum Gasteiger partial charge on any atom is 0.0312 e. The van der Waals surface area contributed by atoms with Crippen molar-refractivity contribution in [2.24, 2.45) is 5.92 Å². The van der Waals surface area contributed by atoms with Crippen molar-refractivity contribution in [3.05, 3.63) is 30.1 Å². The summed E-state index contributed by atoms with van der Waals surface area (Å²) in [5.74, 6) is 0.902. The molecule has 0 radical (unpaired) electrons. The third-order valence-corrected chi connectivity index (χ3v) is 3.46. The van der Waals surface area contributed by atoms with Crippen molar-refractivity contribution in [3.8, 4) is 0 Å². The van der Waals surface area contributed by atoms with E-state index in [1.807, 2.05) is 18.5 Å². The van der Waals surface area contributed by atoms with Crippen molar-refractivity contribution >= 4 is 0 Å². The van der Waals surface area contributed by atoms with Gasteiger partial charge in [-0.25, -0.2) is 0 Å². The summed E-state index contributed by atoms with van der Waals surface area (Å²) in [5, 5.41) is 3.56. The third kappa shape index (κ3) is 3.93. The van der Waals surface area contributed by atoms with Crippen molar-refractivity contribution in [2.45, 2.75) is 45.1 Å². The lowest BCUT2D eigenvalue weighted by Gasteiger charge is -2.14. The van der Waals surface area contributed by atoms with Crippen LogP contribution in [0.1, 0.15) is 44.1 Å². The smallest absolute Gasteiger partial charge is 0.0312 e. The number of nitrogens with zero attached hydrogens (tertiary/aromatic N) is 1. The summed E-state index contributed by atoms with van der Waals surface area (Å²) in [4.78, 5) is 4.13. The van der Waals surface area contributed by atoms with Gasteiger partial charge < -0.3 is 5.32 Å². The van der Waals surface area contributed by atoms with E-state index >= 15 is 0 Å². The molecule has 1 aromatic heterocycles. The average molecular weight is 218 g/mol. The summed E-state index contributed by atoms with van der Waals surface area (Å²) in [6, 6.07) is 4.13. The summed E-state index contributed by atoms with van der Waals surface area (Å²) in [6.45, 7) is 2.14. The normalized spacial score (nSPS) is 18.2. The first-order valence-corrected chi connectivity index (χ1v) is 6.55. The van der Waals surface area contributed by atoms with Crippen LogP contribution < -0.4 is 5.32 Å². The van der Waals surface area contributed by atoms with Crippen LogP contribution in [0.2, 0.25) is 0 Å². The van der Waals surface area contributed by atoms with Crippen molar-refractivity contribution in [2.75, 3.05) is 6.54 Å². The zero-order chi connectivity index (χ0) is 11.1. The second-order valence-corrected chi connectivity index (χ2v) is 4.85. The molecule has 2 heteroatoms. The van der Waals surface area contributed by atoms with Gasteiger partial charge in [0.25, 0.3) is 0 Å². The van der Waals surface area contributed by atoms with Crippen LogP contribution in [0.15, 0.2) is 24.5 Å². The van der Waals surface area contributed by atoms with Crippen LogP contribution in [0.3, 0.4) is 0 Å². The Morgan fingerprint density at radius 2 is 2.00 bits per heavy atom. The lowest BCUT2D eigenvalue weighted by Crippen LogP contribution is -2.22. The standard InChI is InChI=1S/C14H22N2/c1-2-4-7-13(6-3-1)10-16-12-14-8-5-9-15-11-14/h5,8-9,11,13,16H,1-4,6-7,10,12H2. The molecular formula is C14H22N2. The summed E-state index contributed by atoms with van der Waals surface area (Å²) >= 11 is 0. The van der Waals surface area contributed by atoms with E-state index in [0.717, 1.165) is 12.5 Å². The Hall–Kier alpha value is -0.890. The van der Waals surface area contributed by atoms with Gasteiger partial charge in [0.1, 0.15) is 0 Å². The van der Waals surface area contributed by atoms with Gasteiger partial charge in [0, 0.05) is 18.9 Å². The highest BCUT2D eigenvalue weighted by atomic mass is 14.9. The van der Waals surface area contributed by atoms with Crippen LogP contribution in [-0.2, 0) is 6.54 Å². The molecule has 1 heterocycles. The Morgan fingerprint density at radius 3 is 2.69 bits per heavy atom. The summed E-state index contributed by atoms with van der Waals surface area (Å²) in [7, 11) is 0. The fraction of sp³-hybridized carbons (Fsp3) is 0.643. The van der Waals surface area contributed by atoms with E-state index in [1.54, 1.807) is 0 Å². The molecule has 1 fully saturated rings. The molecule has 0 atom stereocenters. The molecule has 1 aromatic rings. The van der Waals surface area contributed by atoms with Crippen molar-refractivity contribution in [1.29, 1.82) is 0 Å². The first-order valence-electron chi connectivity index (χ1n) is 6.55. The quantitative estimate of drug-likeness (QED) is 0.785. The van der Waals surface area contributed by atoms with Crippen LogP contribution in [0, 0.1) is 5.92 Å². The lowest BCUT2D eigenvalue weighted by atomic mass is 10.0. The van der Waals surface area contributed by atoms with Gasteiger partial charge in [-0.15, -0.1) is 0 Å². The largest absolute Gasteiger partial charge is 0.312 e. The Labute approximate surface area is 98.5 Å². The zero-order valence-corrected chi connectivity index (χ0v) is 9.99. The lowest BCUT2D eigenvalue weighted by molar-refractivity contribution is 0.425. The summed E-state index contributed by atoms with van der Waals surface area (Å²) < 4.78 is 0. The second kappa shape index (κ2) is 6.64. The number of aromatic nitrogens is 1. The van der Waals surface area contributed by atoms with E-state index in [2.05, 4.69) is 16.4 Å². The SMILES string of the molecule is c1cncc(CNCC2CCCCCC2)c1. The van der Waals surface area contributed by atoms with Gasteiger partial charge in [0.15, 0.2) is 0 Å². The first kappa shape index (κ1) is 11.6.